The fraction of sp³-hybridized carbons (Fsp3) is 0.538. The summed E-state index contributed by atoms with van der Waals surface area (Å²) in [6.45, 7) is 0.530. The molecule has 0 unspecified atom stereocenters. The molecule has 0 bridgehead atoms. The number of hydrogen-bond donors (Lipinski definition) is 1. The average molecular weight is 254 g/mol. The van der Waals surface area contributed by atoms with Crippen LogP contribution in [0.5, 0.6) is 0 Å². The smallest absolute Gasteiger partial charge is 0.254 e. The number of rotatable bonds is 3. The van der Waals surface area contributed by atoms with Crippen molar-refractivity contribution in [3.8, 4) is 0 Å². The maximum Gasteiger partial charge on any atom is 0.254 e. The Labute approximate surface area is 105 Å². The lowest BCUT2D eigenvalue weighted by molar-refractivity contribution is 0.0938. The van der Waals surface area contributed by atoms with Crippen LogP contribution in [0.25, 0.3) is 0 Å². The Morgan fingerprint density at radius 2 is 2.06 bits per heavy atom. The van der Waals surface area contributed by atoms with Crippen molar-refractivity contribution in [3.63, 3.8) is 0 Å². The number of pyridine rings is 1. The second-order valence-electron chi connectivity index (χ2n) is 4.68. The van der Waals surface area contributed by atoms with Gasteiger partial charge in [-0.2, -0.15) is 4.39 Å². The third-order valence-electron chi connectivity index (χ3n) is 3.37. The summed E-state index contributed by atoms with van der Waals surface area (Å²) in [5, 5.41) is 2.66. The fourth-order valence-electron chi connectivity index (χ4n) is 2.32. The van der Waals surface area contributed by atoms with Crippen LogP contribution < -0.4 is 5.32 Å². The van der Waals surface area contributed by atoms with Gasteiger partial charge in [-0.05, 0) is 24.8 Å². The Morgan fingerprint density at radius 1 is 1.33 bits per heavy atom. The lowest BCUT2D eigenvalue weighted by atomic mass is 9.89. The molecule has 1 N–H and O–H groups in total. The van der Waals surface area contributed by atoms with Crippen LogP contribution in [-0.2, 0) is 0 Å². The topological polar surface area (TPSA) is 42.0 Å². The summed E-state index contributed by atoms with van der Waals surface area (Å²) < 4.78 is 26.2. The molecule has 0 atom stereocenters. The molecule has 1 saturated carbocycles. The van der Waals surface area contributed by atoms with Crippen molar-refractivity contribution in [1.82, 2.24) is 10.3 Å². The Bertz CT molecular complexity index is 431. The molecule has 1 amide bonds. The number of hydrogen-bond acceptors (Lipinski definition) is 2. The van der Waals surface area contributed by atoms with Gasteiger partial charge in [0.1, 0.15) is 0 Å². The van der Waals surface area contributed by atoms with Crippen LogP contribution in [0.2, 0.25) is 0 Å². The highest BCUT2D eigenvalue weighted by atomic mass is 19.2. The van der Waals surface area contributed by atoms with E-state index in [-0.39, 0.29) is 5.56 Å². The number of nitrogens with zero attached hydrogens (tertiary/aromatic N) is 1. The van der Waals surface area contributed by atoms with Crippen LogP contribution in [-0.4, -0.2) is 17.4 Å². The predicted molar refractivity (Wildman–Crippen MR) is 63.1 cm³/mol. The largest absolute Gasteiger partial charge is 0.352 e. The molecule has 0 saturated heterocycles. The summed E-state index contributed by atoms with van der Waals surface area (Å²) in [6, 6.07) is 1.19. The zero-order valence-electron chi connectivity index (χ0n) is 10.1. The standard InChI is InChI=1S/C13H16F2N2O/c14-11-10(6-7-16-12(11)15)13(18)17-8-9-4-2-1-3-5-9/h6-7,9H,1-5,8H2,(H,17,18). The molecule has 1 fully saturated rings. The third kappa shape index (κ3) is 3.03. The van der Waals surface area contributed by atoms with Crippen LogP contribution in [0.1, 0.15) is 42.5 Å². The maximum absolute atomic E-state index is 13.3. The number of amides is 1. The zero-order chi connectivity index (χ0) is 13.0. The number of halogens is 2. The lowest BCUT2D eigenvalue weighted by Crippen LogP contribution is -2.31. The molecule has 1 aromatic rings. The van der Waals surface area contributed by atoms with E-state index in [2.05, 4.69) is 10.3 Å². The van der Waals surface area contributed by atoms with Crippen LogP contribution in [0.15, 0.2) is 12.3 Å². The molecule has 5 heteroatoms. The molecule has 1 aliphatic carbocycles. The minimum absolute atomic E-state index is 0.279. The zero-order valence-corrected chi connectivity index (χ0v) is 10.1. The van der Waals surface area contributed by atoms with E-state index in [1.807, 2.05) is 0 Å². The summed E-state index contributed by atoms with van der Waals surface area (Å²) in [5.41, 5.74) is -0.279. The van der Waals surface area contributed by atoms with Crippen molar-refractivity contribution < 1.29 is 13.6 Å². The maximum atomic E-state index is 13.3. The van der Waals surface area contributed by atoms with Gasteiger partial charge < -0.3 is 5.32 Å². The first-order chi connectivity index (χ1) is 8.68. The Balaban J connectivity index is 1.93. The van der Waals surface area contributed by atoms with E-state index in [1.54, 1.807) is 0 Å². The van der Waals surface area contributed by atoms with Crippen molar-refractivity contribution in [2.75, 3.05) is 6.54 Å². The molecule has 1 aromatic heterocycles. The Morgan fingerprint density at radius 3 is 2.78 bits per heavy atom. The first-order valence-electron chi connectivity index (χ1n) is 6.26. The molecule has 0 aromatic carbocycles. The minimum Gasteiger partial charge on any atom is -0.352 e. The highest BCUT2D eigenvalue weighted by molar-refractivity contribution is 5.94. The SMILES string of the molecule is O=C(NCC1CCCCC1)c1ccnc(F)c1F. The summed E-state index contributed by atoms with van der Waals surface area (Å²) in [6.07, 6.45) is 6.88. The minimum atomic E-state index is -1.24. The van der Waals surface area contributed by atoms with Crippen molar-refractivity contribution >= 4 is 5.91 Å². The van der Waals surface area contributed by atoms with Gasteiger partial charge in [0.25, 0.3) is 5.91 Å². The molecule has 2 rings (SSSR count). The summed E-state index contributed by atoms with van der Waals surface area (Å²) >= 11 is 0. The quantitative estimate of drug-likeness (QED) is 0.843. The van der Waals surface area contributed by atoms with Crippen molar-refractivity contribution in [3.05, 3.63) is 29.6 Å². The van der Waals surface area contributed by atoms with E-state index in [0.717, 1.165) is 19.0 Å². The van der Waals surface area contributed by atoms with Gasteiger partial charge in [-0.1, -0.05) is 19.3 Å². The first-order valence-corrected chi connectivity index (χ1v) is 6.26. The van der Waals surface area contributed by atoms with Gasteiger partial charge in [0.2, 0.25) is 5.95 Å². The number of aromatic nitrogens is 1. The molecule has 0 aliphatic heterocycles. The van der Waals surface area contributed by atoms with Crippen LogP contribution in [0.3, 0.4) is 0 Å². The van der Waals surface area contributed by atoms with Crippen molar-refractivity contribution in [2.24, 2.45) is 5.92 Å². The Kier molecular flexibility index (Phi) is 4.23. The van der Waals surface area contributed by atoms with Crippen molar-refractivity contribution in [2.45, 2.75) is 32.1 Å². The highest BCUT2D eigenvalue weighted by Crippen LogP contribution is 2.22. The molecular formula is C13H16F2N2O. The molecule has 3 nitrogen and oxygen atoms in total. The van der Waals surface area contributed by atoms with E-state index in [9.17, 15) is 13.6 Å². The van der Waals surface area contributed by atoms with Gasteiger partial charge in [-0.3, -0.25) is 4.79 Å². The summed E-state index contributed by atoms with van der Waals surface area (Å²) in [4.78, 5) is 14.9. The molecule has 1 heterocycles. The first kappa shape index (κ1) is 12.9. The molecule has 0 spiro atoms. The lowest BCUT2D eigenvalue weighted by Gasteiger charge is -2.21. The third-order valence-corrected chi connectivity index (χ3v) is 3.37. The van der Waals surface area contributed by atoms with E-state index in [1.165, 1.54) is 25.3 Å². The number of nitrogens with one attached hydrogen (secondary N) is 1. The van der Waals surface area contributed by atoms with Gasteiger partial charge >= 0.3 is 0 Å². The van der Waals surface area contributed by atoms with Crippen LogP contribution in [0, 0.1) is 17.7 Å². The second kappa shape index (κ2) is 5.89. The highest BCUT2D eigenvalue weighted by Gasteiger charge is 2.18. The van der Waals surface area contributed by atoms with E-state index >= 15 is 0 Å². The van der Waals surface area contributed by atoms with Gasteiger partial charge in [0.05, 0.1) is 5.56 Å². The second-order valence-corrected chi connectivity index (χ2v) is 4.68. The van der Waals surface area contributed by atoms with Crippen LogP contribution in [0.4, 0.5) is 8.78 Å². The normalized spacial score (nSPS) is 16.6. The molecule has 18 heavy (non-hydrogen) atoms. The Hall–Kier alpha value is -1.52. The van der Waals surface area contributed by atoms with Gasteiger partial charge in [0.15, 0.2) is 5.82 Å². The molecule has 0 radical (unpaired) electrons. The fourth-order valence-corrected chi connectivity index (χ4v) is 2.32. The van der Waals surface area contributed by atoms with Crippen LogP contribution >= 0.6 is 0 Å². The van der Waals surface area contributed by atoms with E-state index in [0.29, 0.717) is 12.5 Å². The summed E-state index contributed by atoms with van der Waals surface area (Å²) in [5.74, 6) is -2.53. The van der Waals surface area contributed by atoms with Crippen molar-refractivity contribution in [1.29, 1.82) is 0 Å². The average Bonchev–Trinajstić information content (AvgIpc) is 2.40. The summed E-state index contributed by atoms with van der Waals surface area (Å²) in [7, 11) is 0. The number of carbonyl (C=O) groups is 1. The predicted octanol–water partition coefficient (Wildman–Crippen LogP) is 2.67. The molecule has 1 aliphatic rings. The van der Waals surface area contributed by atoms with Gasteiger partial charge in [-0.15, -0.1) is 0 Å². The van der Waals surface area contributed by atoms with E-state index < -0.39 is 17.7 Å². The molecule has 98 valence electrons. The van der Waals surface area contributed by atoms with Gasteiger partial charge in [0, 0.05) is 12.7 Å². The van der Waals surface area contributed by atoms with Gasteiger partial charge in [-0.25, -0.2) is 9.37 Å². The molecular weight excluding hydrogens is 238 g/mol. The number of carbonyl (C=O) groups excluding carboxylic acids is 1. The van der Waals surface area contributed by atoms with E-state index in [4.69, 9.17) is 0 Å². The monoisotopic (exact) mass is 254 g/mol.